The van der Waals surface area contributed by atoms with E-state index >= 15 is 0 Å². The Morgan fingerprint density at radius 2 is 1.79 bits per heavy atom. The number of fused-ring (bicyclic) bond motifs is 1. The maximum Gasteiger partial charge on any atom is 0.163 e. The summed E-state index contributed by atoms with van der Waals surface area (Å²) in [5.41, 5.74) is 3.97. The van der Waals surface area contributed by atoms with Gasteiger partial charge in [-0.15, -0.1) is 0 Å². The van der Waals surface area contributed by atoms with Gasteiger partial charge in [0, 0.05) is 12.0 Å². The van der Waals surface area contributed by atoms with E-state index in [1.807, 2.05) is 6.07 Å². The van der Waals surface area contributed by atoms with Gasteiger partial charge >= 0.3 is 0 Å². The highest BCUT2D eigenvalue weighted by molar-refractivity contribution is 5.96. The molecule has 2 rings (SSSR count). The number of benzene rings is 1. The molecule has 0 N–H and O–H groups in total. The zero-order valence-corrected chi connectivity index (χ0v) is 12.8. The minimum Gasteiger partial charge on any atom is -0.294 e. The summed E-state index contributed by atoms with van der Waals surface area (Å²) in [6, 6.07) is 6.34. The van der Waals surface area contributed by atoms with Crippen molar-refractivity contribution in [1.29, 1.82) is 0 Å². The first-order valence-electron chi connectivity index (χ1n) is 7.53. The van der Waals surface area contributed by atoms with Crippen LogP contribution < -0.4 is 0 Å². The summed E-state index contributed by atoms with van der Waals surface area (Å²) < 4.78 is 0. The first-order valence-corrected chi connectivity index (χ1v) is 7.53. The Labute approximate surface area is 117 Å². The van der Waals surface area contributed by atoms with Crippen molar-refractivity contribution >= 4 is 5.78 Å². The molecule has 0 fully saturated rings. The van der Waals surface area contributed by atoms with Crippen LogP contribution in [-0.4, -0.2) is 5.78 Å². The van der Waals surface area contributed by atoms with Gasteiger partial charge in [-0.3, -0.25) is 4.79 Å². The standard InChI is InChI=1S/C18H26O/c1-13(18(2,3)4)11-17(19)16-10-9-14-7-5-6-8-15(14)12-16/h9-10,12-13H,5-8,11H2,1-4H3. The highest BCUT2D eigenvalue weighted by atomic mass is 16.1. The topological polar surface area (TPSA) is 17.1 Å². The first kappa shape index (κ1) is 14.3. The van der Waals surface area contributed by atoms with E-state index < -0.39 is 0 Å². The molecule has 0 amide bonds. The lowest BCUT2D eigenvalue weighted by Crippen LogP contribution is -2.20. The number of rotatable bonds is 3. The second kappa shape index (κ2) is 5.48. The Bertz CT molecular complexity index is 465. The fourth-order valence-corrected chi connectivity index (χ4v) is 2.61. The number of hydrogen-bond acceptors (Lipinski definition) is 1. The molecule has 1 heteroatoms. The van der Waals surface area contributed by atoms with Crippen LogP contribution in [0.2, 0.25) is 0 Å². The molecule has 1 aromatic rings. The van der Waals surface area contributed by atoms with Crippen LogP contribution in [0.3, 0.4) is 0 Å². The van der Waals surface area contributed by atoms with E-state index in [2.05, 4.69) is 39.8 Å². The molecule has 0 aromatic heterocycles. The lowest BCUT2D eigenvalue weighted by Gasteiger charge is -2.26. The third-order valence-corrected chi connectivity index (χ3v) is 4.64. The second-order valence-electron chi connectivity index (χ2n) is 7.08. The predicted molar refractivity (Wildman–Crippen MR) is 80.7 cm³/mol. The fourth-order valence-electron chi connectivity index (χ4n) is 2.61. The Balaban J connectivity index is 2.11. The largest absolute Gasteiger partial charge is 0.294 e. The number of hydrogen-bond donors (Lipinski definition) is 0. The molecule has 1 aromatic carbocycles. The third-order valence-electron chi connectivity index (χ3n) is 4.64. The van der Waals surface area contributed by atoms with Crippen molar-refractivity contribution in [3.05, 3.63) is 34.9 Å². The molecule has 1 nitrogen and oxygen atoms in total. The van der Waals surface area contributed by atoms with Crippen molar-refractivity contribution in [2.45, 2.75) is 59.8 Å². The molecule has 0 saturated carbocycles. The minimum atomic E-state index is 0.198. The van der Waals surface area contributed by atoms with E-state index in [-0.39, 0.29) is 5.41 Å². The molecule has 0 radical (unpaired) electrons. The fraction of sp³-hybridized carbons (Fsp3) is 0.611. The van der Waals surface area contributed by atoms with Crippen LogP contribution in [-0.2, 0) is 12.8 Å². The molecule has 1 atom stereocenters. The zero-order chi connectivity index (χ0) is 14.0. The summed E-state index contributed by atoms with van der Waals surface area (Å²) in [7, 11) is 0. The second-order valence-corrected chi connectivity index (χ2v) is 7.08. The van der Waals surface area contributed by atoms with Gasteiger partial charge in [-0.25, -0.2) is 0 Å². The number of carbonyl (C=O) groups excluding carboxylic acids is 1. The van der Waals surface area contributed by atoms with E-state index in [1.165, 1.54) is 30.4 Å². The highest BCUT2D eigenvalue weighted by Crippen LogP contribution is 2.30. The minimum absolute atomic E-state index is 0.198. The molecular formula is C18H26O. The van der Waals surface area contributed by atoms with Crippen molar-refractivity contribution in [1.82, 2.24) is 0 Å². The highest BCUT2D eigenvalue weighted by Gasteiger charge is 2.23. The van der Waals surface area contributed by atoms with E-state index in [9.17, 15) is 4.79 Å². The summed E-state index contributed by atoms with van der Waals surface area (Å²) in [5.74, 6) is 0.715. The van der Waals surface area contributed by atoms with Gasteiger partial charge in [-0.05, 0) is 54.2 Å². The Morgan fingerprint density at radius 3 is 2.42 bits per heavy atom. The monoisotopic (exact) mass is 258 g/mol. The number of Topliss-reactive ketones (excluding diaryl/α,β-unsaturated/α-hetero) is 1. The summed E-state index contributed by atoms with van der Waals surface area (Å²) in [5, 5.41) is 0. The average Bonchev–Trinajstić information content (AvgIpc) is 2.37. The summed E-state index contributed by atoms with van der Waals surface area (Å²) in [4.78, 5) is 12.4. The molecule has 0 spiro atoms. The van der Waals surface area contributed by atoms with Crippen LogP contribution in [0.5, 0.6) is 0 Å². The average molecular weight is 258 g/mol. The van der Waals surface area contributed by atoms with Crippen LogP contribution in [0.4, 0.5) is 0 Å². The van der Waals surface area contributed by atoms with E-state index in [0.717, 1.165) is 12.0 Å². The molecule has 1 unspecified atom stereocenters. The first-order chi connectivity index (χ1) is 8.88. The third kappa shape index (κ3) is 3.46. The smallest absolute Gasteiger partial charge is 0.163 e. The SMILES string of the molecule is CC(CC(=O)c1ccc2c(c1)CCCC2)C(C)(C)C. The molecule has 0 bridgehead atoms. The van der Waals surface area contributed by atoms with Crippen molar-refractivity contribution in [2.75, 3.05) is 0 Å². The summed E-state index contributed by atoms with van der Waals surface area (Å²) >= 11 is 0. The number of carbonyl (C=O) groups is 1. The van der Waals surface area contributed by atoms with Gasteiger partial charge in [0.25, 0.3) is 0 Å². The van der Waals surface area contributed by atoms with Gasteiger partial charge < -0.3 is 0 Å². The van der Waals surface area contributed by atoms with Crippen LogP contribution in [0, 0.1) is 11.3 Å². The van der Waals surface area contributed by atoms with Gasteiger partial charge in [0.05, 0.1) is 0 Å². The normalized spacial score (nSPS) is 16.8. The van der Waals surface area contributed by atoms with Crippen LogP contribution in [0.15, 0.2) is 18.2 Å². The van der Waals surface area contributed by atoms with Crippen LogP contribution in [0.1, 0.15) is 68.4 Å². The van der Waals surface area contributed by atoms with Crippen molar-refractivity contribution in [3.63, 3.8) is 0 Å². The summed E-state index contributed by atoms with van der Waals surface area (Å²) in [6.07, 6.45) is 5.54. The Kier molecular flexibility index (Phi) is 4.13. The molecule has 0 heterocycles. The van der Waals surface area contributed by atoms with E-state index in [0.29, 0.717) is 18.1 Å². The lowest BCUT2D eigenvalue weighted by atomic mass is 9.78. The predicted octanol–water partition coefficient (Wildman–Crippen LogP) is 4.82. The molecule has 1 aliphatic rings. The molecular weight excluding hydrogens is 232 g/mol. The molecule has 104 valence electrons. The van der Waals surface area contributed by atoms with Crippen LogP contribution in [0.25, 0.3) is 0 Å². The van der Waals surface area contributed by atoms with E-state index in [1.54, 1.807) is 0 Å². The number of ketones is 1. The molecule has 0 saturated heterocycles. The van der Waals surface area contributed by atoms with Crippen molar-refractivity contribution in [2.24, 2.45) is 11.3 Å². The molecule has 19 heavy (non-hydrogen) atoms. The van der Waals surface area contributed by atoms with Gasteiger partial charge in [0.15, 0.2) is 5.78 Å². The Hall–Kier alpha value is -1.11. The maximum absolute atomic E-state index is 12.4. The molecule has 0 aliphatic heterocycles. The van der Waals surface area contributed by atoms with Crippen LogP contribution >= 0.6 is 0 Å². The lowest BCUT2D eigenvalue weighted by molar-refractivity contribution is 0.0927. The van der Waals surface area contributed by atoms with Crippen molar-refractivity contribution < 1.29 is 4.79 Å². The Morgan fingerprint density at radius 1 is 1.16 bits per heavy atom. The van der Waals surface area contributed by atoms with E-state index in [4.69, 9.17) is 0 Å². The quantitative estimate of drug-likeness (QED) is 0.710. The number of aryl methyl sites for hydroxylation is 2. The van der Waals surface area contributed by atoms with Crippen molar-refractivity contribution in [3.8, 4) is 0 Å². The van der Waals surface area contributed by atoms with Gasteiger partial charge in [0.1, 0.15) is 0 Å². The zero-order valence-electron chi connectivity index (χ0n) is 12.8. The van der Waals surface area contributed by atoms with Gasteiger partial charge in [-0.1, -0.05) is 39.8 Å². The molecule has 1 aliphatic carbocycles. The van der Waals surface area contributed by atoms with Gasteiger partial charge in [0.2, 0.25) is 0 Å². The summed E-state index contributed by atoms with van der Waals surface area (Å²) in [6.45, 7) is 8.80. The van der Waals surface area contributed by atoms with Gasteiger partial charge in [-0.2, -0.15) is 0 Å². The maximum atomic E-state index is 12.4.